The van der Waals surface area contributed by atoms with Gasteiger partial charge in [0.25, 0.3) is 5.91 Å². The lowest BCUT2D eigenvalue weighted by Gasteiger charge is -2.29. The number of hydrogen-bond donors (Lipinski definition) is 2. The Bertz CT molecular complexity index is 609. The van der Waals surface area contributed by atoms with Crippen LogP contribution in [0.15, 0.2) is 24.3 Å². The van der Waals surface area contributed by atoms with Crippen molar-refractivity contribution in [2.45, 2.75) is 47.1 Å². The van der Waals surface area contributed by atoms with E-state index in [1.807, 2.05) is 39.2 Å². The molecule has 0 heterocycles. The summed E-state index contributed by atoms with van der Waals surface area (Å²) in [5.74, 6) is -0.0124. The third kappa shape index (κ3) is 7.56. The molecule has 2 amide bonds. The third-order valence-electron chi connectivity index (χ3n) is 4.20. The zero-order valence-corrected chi connectivity index (χ0v) is 17.3. The molecule has 0 aliphatic rings. The number of nitrogens with one attached hydrogen (secondary N) is 2. The molecule has 1 atom stereocenters. The van der Waals surface area contributed by atoms with Crippen LogP contribution in [0.2, 0.25) is 0 Å². The summed E-state index contributed by atoms with van der Waals surface area (Å²) >= 11 is 0. The van der Waals surface area contributed by atoms with Gasteiger partial charge < -0.3 is 15.5 Å². The Morgan fingerprint density at radius 2 is 1.77 bits per heavy atom. The molecular formula is C21H35N3O2. The second-order valence-corrected chi connectivity index (χ2v) is 8.59. The second kappa shape index (κ2) is 9.72. The predicted octanol–water partition coefficient (Wildman–Crippen LogP) is 2.84. The molecule has 0 bridgehead atoms. The third-order valence-corrected chi connectivity index (χ3v) is 4.20. The molecule has 0 aromatic heterocycles. The molecule has 1 aromatic rings. The lowest BCUT2D eigenvalue weighted by Crippen LogP contribution is -2.50. The normalized spacial score (nSPS) is 13.0. The Balaban J connectivity index is 2.78. The van der Waals surface area contributed by atoms with E-state index in [4.69, 9.17) is 0 Å². The fourth-order valence-electron chi connectivity index (χ4n) is 3.13. The van der Waals surface area contributed by atoms with Crippen LogP contribution in [0.3, 0.4) is 0 Å². The fourth-order valence-corrected chi connectivity index (χ4v) is 3.13. The fraction of sp³-hybridized carbons (Fsp3) is 0.619. The molecule has 5 heteroatoms. The molecule has 1 aromatic carbocycles. The van der Waals surface area contributed by atoms with Crippen molar-refractivity contribution in [3.8, 4) is 0 Å². The van der Waals surface area contributed by atoms with E-state index in [9.17, 15) is 9.59 Å². The summed E-state index contributed by atoms with van der Waals surface area (Å²) in [5.41, 5.74) is 1.48. The van der Waals surface area contributed by atoms with E-state index >= 15 is 0 Å². The minimum Gasteiger partial charge on any atom is -0.354 e. The van der Waals surface area contributed by atoms with Gasteiger partial charge in [-0.05, 0) is 50.4 Å². The van der Waals surface area contributed by atoms with E-state index in [-0.39, 0.29) is 17.2 Å². The van der Waals surface area contributed by atoms with E-state index in [0.717, 1.165) is 12.1 Å². The number of aryl methyl sites for hydroxylation is 1. The van der Waals surface area contributed by atoms with Gasteiger partial charge in [0.2, 0.25) is 5.91 Å². The maximum absolute atomic E-state index is 12.7. The maximum atomic E-state index is 12.7. The SMILES string of the molecule is Cc1ccccc1C(=O)NC(CC(C)C)C(=O)NCC(C)(C)CN(C)C. The van der Waals surface area contributed by atoms with Crippen molar-refractivity contribution in [2.24, 2.45) is 11.3 Å². The molecule has 0 aliphatic carbocycles. The van der Waals surface area contributed by atoms with Gasteiger partial charge in [-0.25, -0.2) is 0 Å². The van der Waals surface area contributed by atoms with Gasteiger partial charge in [0.15, 0.2) is 0 Å². The molecule has 0 saturated carbocycles. The van der Waals surface area contributed by atoms with Crippen LogP contribution in [-0.2, 0) is 4.79 Å². The van der Waals surface area contributed by atoms with Crippen molar-refractivity contribution in [2.75, 3.05) is 27.2 Å². The van der Waals surface area contributed by atoms with Crippen LogP contribution in [0.25, 0.3) is 0 Å². The first-order valence-electron chi connectivity index (χ1n) is 9.31. The predicted molar refractivity (Wildman–Crippen MR) is 107 cm³/mol. The smallest absolute Gasteiger partial charge is 0.252 e. The number of carbonyl (C=O) groups is 2. The highest BCUT2D eigenvalue weighted by molar-refractivity contribution is 5.98. The summed E-state index contributed by atoms with van der Waals surface area (Å²) in [6.45, 7) is 11.7. The molecule has 0 radical (unpaired) electrons. The van der Waals surface area contributed by atoms with Crippen LogP contribution in [0, 0.1) is 18.3 Å². The van der Waals surface area contributed by atoms with Crippen molar-refractivity contribution in [3.63, 3.8) is 0 Å². The van der Waals surface area contributed by atoms with E-state index in [1.165, 1.54) is 0 Å². The monoisotopic (exact) mass is 361 g/mol. The van der Waals surface area contributed by atoms with Crippen LogP contribution >= 0.6 is 0 Å². The molecule has 26 heavy (non-hydrogen) atoms. The van der Waals surface area contributed by atoms with Gasteiger partial charge in [0.1, 0.15) is 6.04 Å². The van der Waals surface area contributed by atoms with Gasteiger partial charge in [0, 0.05) is 18.7 Å². The Kier molecular flexibility index (Phi) is 8.28. The van der Waals surface area contributed by atoms with Crippen LogP contribution in [0.1, 0.15) is 50.0 Å². The molecule has 0 spiro atoms. The van der Waals surface area contributed by atoms with E-state index in [2.05, 4.69) is 43.2 Å². The first-order valence-corrected chi connectivity index (χ1v) is 9.31. The van der Waals surface area contributed by atoms with Gasteiger partial charge in [-0.3, -0.25) is 9.59 Å². The second-order valence-electron chi connectivity index (χ2n) is 8.59. The van der Waals surface area contributed by atoms with Crippen molar-refractivity contribution < 1.29 is 9.59 Å². The molecule has 1 unspecified atom stereocenters. The Labute approximate surface area is 158 Å². The largest absolute Gasteiger partial charge is 0.354 e. The molecule has 146 valence electrons. The molecule has 5 nitrogen and oxygen atoms in total. The molecular weight excluding hydrogens is 326 g/mol. The lowest BCUT2D eigenvalue weighted by atomic mass is 9.92. The minimum absolute atomic E-state index is 0.0401. The average Bonchev–Trinajstić information content (AvgIpc) is 2.50. The highest BCUT2D eigenvalue weighted by atomic mass is 16.2. The standard InChI is InChI=1S/C21H35N3O2/c1-15(2)12-18(20(26)22-13-21(4,5)14-24(6)7)23-19(25)17-11-9-8-10-16(17)3/h8-11,15,18H,12-14H2,1-7H3,(H,22,26)(H,23,25). The van der Waals surface area contributed by atoms with Crippen LogP contribution < -0.4 is 10.6 Å². The van der Waals surface area contributed by atoms with Crippen molar-refractivity contribution in [3.05, 3.63) is 35.4 Å². The Morgan fingerprint density at radius 3 is 2.31 bits per heavy atom. The van der Waals surface area contributed by atoms with Gasteiger partial charge in [0.05, 0.1) is 0 Å². The van der Waals surface area contributed by atoms with Gasteiger partial charge in [-0.15, -0.1) is 0 Å². The topological polar surface area (TPSA) is 61.4 Å². The summed E-state index contributed by atoms with van der Waals surface area (Å²) in [7, 11) is 4.04. The summed E-state index contributed by atoms with van der Waals surface area (Å²) in [6.07, 6.45) is 0.609. The number of benzene rings is 1. The van der Waals surface area contributed by atoms with Gasteiger partial charge in [-0.2, -0.15) is 0 Å². The molecule has 1 rings (SSSR count). The Hall–Kier alpha value is -1.88. The number of rotatable bonds is 9. The lowest BCUT2D eigenvalue weighted by molar-refractivity contribution is -0.123. The van der Waals surface area contributed by atoms with Gasteiger partial charge in [-0.1, -0.05) is 45.9 Å². The van der Waals surface area contributed by atoms with Crippen molar-refractivity contribution >= 4 is 11.8 Å². The summed E-state index contributed by atoms with van der Waals surface area (Å²) in [5, 5.41) is 5.95. The van der Waals surface area contributed by atoms with Crippen LogP contribution in [-0.4, -0.2) is 49.9 Å². The highest BCUT2D eigenvalue weighted by Gasteiger charge is 2.26. The summed E-state index contributed by atoms with van der Waals surface area (Å²) in [6, 6.07) is 6.89. The molecule has 0 fully saturated rings. The van der Waals surface area contributed by atoms with Crippen LogP contribution in [0.4, 0.5) is 0 Å². The van der Waals surface area contributed by atoms with E-state index in [0.29, 0.717) is 24.4 Å². The van der Waals surface area contributed by atoms with Gasteiger partial charge >= 0.3 is 0 Å². The van der Waals surface area contributed by atoms with E-state index < -0.39 is 6.04 Å². The van der Waals surface area contributed by atoms with Crippen molar-refractivity contribution in [1.29, 1.82) is 0 Å². The highest BCUT2D eigenvalue weighted by Crippen LogP contribution is 2.15. The number of nitrogens with zero attached hydrogens (tertiary/aromatic N) is 1. The van der Waals surface area contributed by atoms with E-state index in [1.54, 1.807) is 6.07 Å². The first-order chi connectivity index (χ1) is 12.0. The zero-order chi connectivity index (χ0) is 19.9. The summed E-state index contributed by atoms with van der Waals surface area (Å²) in [4.78, 5) is 27.4. The first kappa shape index (κ1) is 22.2. The quantitative estimate of drug-likeness (QED) is 0.711. The van der Waals surface area contributed by atoms with Crippen molar-refractivity contribution in [1.82, 2.24) is 15.5 Å². The number of amides is 2. The molecule has 0 saturated heterocycles. The summed E-state index contributed by atoms with van der Waals surface area (Å²) < 4.78 is 0. The molecule has 2 N–H and O–H groups in total. The maximum Gasteiger partial charge on any atom is 0.252 e. The molecule has 0 aliphatic heterocycles. The number of carbonyl (C=O) groups excluding carboxylic acids is 2. The van der Waals surface area contributed by atoms with Crippen LogP contribution in [0.5, 0.6) is 0 Å². The Morgan fingerprint density at radius 1 is 1.15 bits per heavy atom. The minimum atomic E-state index is -0.530. The average molecular weight is 362 g/mol. The zero-order valence-electron chi connectivity index (χ0n) is 17.3. The number of hydrogen-bond acceptors (Lipinski definition) is 3.